The number of nitrogens with zero attached hydrogens (tertiary/aromatic N) is 3. The van der Waals surface area contributed by atoms with Crippen LogP contribution in [-0.2, 0) is 13.0 Å². The lowest BCUT2D eigenvalue weighted by molar-refractivity contribution is 0.0947. The zero-order valence-electron chi connectivity index (χ0n) is 15.1. The lowest BCUT2D eigenvalue weighted by Crippen LogP contribution is -2.36. The second-order valence-corrected chi connectivity index (χ2v) is 6.25. The average Bonchev–Trinajstić information content (AvgIpc) is 2.68. The molecule has 0 atom stereocenters. The highest BCUT2D eigenvalue weighted by molar-refractivity contribution is 5.93. The van der Waals surface area contributed by atoms with Gasteiger partial charge in [0, 0.05) is 19.3 Å². The standard InChI is InChI=1S/C20H21FN4O2/c1-2-3-13-25-18-16(5-4-11-22-18)24-17(20(25)27)19(26)23-12-10-14-6-8-15(21)9-7-14/h4-9,11H,2-3,10,12-13H2,1H3,(H,23,26). The predicted octanol–water partition coefficient (Wildman–Crippen LogP) is 2.70. The fourth-order valence-corrected chi connectivity index (χ4v) is 2.80. The minimum absolute atomic E-state index is 0.134. The summed E-state index contributed by atoms with van der Waals surface area (Å²) in [6, 6.07) is 9.54. The van der Waals surface area contributed by atoms with Crippen LogP contribution in [0.2, 0.25) is 0 Å². The van der Waals surface area contributed by atoms with Crippen molar-refractivity contribution in [3.05, 3.63) is 70.0 Å². The molecule has 1 N–H and O–H groups in total. The van der Waals surface area contributed by atoms with Crippen molar-refractivity contribution in [3.8, 4) is 0 Å². The Morgan fingerprint density at radius 2 is 2.00 bits per heavy atom. The van der Waals surface area contributed by atoms with Crippen LogP contribution >= 0.6 is 0 Å². The number of hydrogen-bond acceptors (Lipinski definition) is 4. The van der Waals surface area contributed by atoms with Crippen LogP contribution in [0.4, 0.5) is 4.39 Å². The molecule has 3 rings (SSSR count). The zero-order valence-corrected chi connectivity index (χ0v) is 15.1. The van der Waals surface area contributed by atoms with Crippen molar-refractivity contribution >= 4 is 17.1 Å². The van der Waals surface area contributed by atoms with Gasteiger partial charge in [-0.1, -0.05) is 25.5 Å². The van der Waals surface area contributed by atoms with Crippen LogP contribution in [0, 0.1) is 5.82 Å². The third-order valence-corrected chi connectivity index (χ3v) is 4.26. The topological polar surface area (TPSA) is 76.9 Å². The van der Waals surface area contributed by atoms with E-state index in [0.717, 1.165) is 18.4 Å². The van der Waals surface area contributed by atoms with Crippen molar-refractivity contribution in [2.45, 2.75) is 32.7 Å². The number of fused-ring (bicyclic) bond motifs is 1. The maximum atomic E-state index is 12.9. The molecule has 27 heavy (non-hydrogen) atoms. The first kappa shape index (κ1) is 18.7. The summed E-state index contributed by atoms with van der Waals surface area (Å²) in [6.45, 7) is 2.85. The van der Waals surface area contributed by atoms with E-state index in [4.69, 9.17) is 0 Å². The number of carbonyl (C=O) groups excluding carboxylic acids is 1. The molecule has 1 aromatic carbocycles. The molecule has 0 radical (unpaired) electrons. The normalized spacial score (nSPS) is 10.9. The van der Waals surface area contributed by atoms with E-state index >= 15 is 0 Å². The van der Waals surface area contributed by atoms with Gasteiger partial charge in [-0.25, -0.2) is 14.4 Å². The van der Waals surface area contributed by atoms with E-state index in [1.807, 2.05) is 6.92 Å². The quantitative estimate of drug-likeness (QED) is 0.696. The molecule has 0 spiro atoms. The highest BCUT2D eigenvalue weighted by atomic mass is 19.1. The van der Waals surface area contributed by atoms with Crippen molar-refractivity contribution < 1.29 is 9.18 Å². The number of benzene rings is 1. The second-order valence-electron chi connectivity index (χ2n) is 6.25. The maximum absolute atomic E-state index is 12.9. The van der Waals surface area contributed by atoms with E-state index in [1.165, 1.54) is 16.7 Å². The smallest absolute Gasteiger partial charge is 0.283 e. The molecule has 0 bridgehead atoms. The van der Waals surface area contributed by atoms with E-state index in [9.17, 15) is 14.0 Å². The summed E-state index contributed by atoms with van der Waals surface area (Å²) in [5.41, 5.74) is 1.32. The van der Waals surface area contributed by atoms with Gasteiger partial charge >= 0.3 is 0 Å². The molecule has 0 saturated heterocycles. The Hall–Kier alpha value is -3.09. The minimum atomic E-state index is -0.516. The van der Waals surface area contributed by atoms with Crippen LogP contribution in [-0.4, -0.2) is 27.0 Å². The van der Waals surface area contributed by atoms with Gasteiger partial charge in [0.05, 0.1) is 0 Å². The largest absolute Gasteiger partial charge is 0.350 e. The molecule has 2 aromatic heterocycles. The van der Waals surface area contributed by atoms with Gasteiger partial charge in [-0.3, -0.25) is 14.2 Å². The van der Waals surface area contributed by atoms with Crippen LogP contribution in [0.25, 0.3) is 11.2 Å². The van der Waals surface area contributed by atoms with E-state index in [2.05, 4.69) is 15.3 Å². The molecule has 0 aliphatic rings. The first-order chi connectivity index (χ1) is 13.1. The fraction of sp³-hybridized carbons (Fsp3) is 0.300. The van der Waals surface area contributed by atoms with Crippen LogP contribution in [0.3, 0.4) is 0 Å². The van der Waals surface area contributed by atoms with E-state index in [0.29, 0.717) is 30.7 Å². The van der Waals surface area contributed by atoms with Crippen molar-refractivity contribution in [1.82, 2.24) is 19.9 Å². The van der Waals surface area contributed by atoms with E-state index < -0.39 is 11.5 Å². The van der Waals surface area contributed by atoms with Gasteiger partial charge in [0.25, 0.3) is 11.5 Å². The third kappa shape index (κ3) is 4.36. The van der Waals surface area contributed by atoms with E-state index in [1.54, 1.807) is 30.5 Å². The summed E-state index contributed by atoms with van der Waals surface area (Å²) in [5.74, 6) is -0.817. The Balaban J connectivity index is 1.80. The minimum Gasteiger partial charge on any atom is -0.350 e. The van der Waals surface area contributed by atoms with Crippen molar-refractivity contribution in [2.75, 3.05) is 6.54 Å². The number of pyridine rings is 1. The summed E-state index contributed by atoms with van der Waals surface area (Å²) < 4.78 is 14.5. The Bertz CT molecular complexity index is 999. The van der Waals surface area contributed by atoms with Gasteiger partial charge in [-0.15, -0.1) is 0 Å². The summed E-state index contributed by atoms with van der Waals surface area (Å²) in [5, 5.41) is 2.72. The van der Waals surface area contributed by atoms with Crippen LogP contribution in [0.5, 0.6) is 0 Å². The molecule has 0 unspecified atom stereocenters. The molecule has 2 heterocycles. The number of amides is 1. The van der Waals surface area contributed by atoms with Gasteiger partial charge in [-0.2, -0.15) is 0 Å². The molecule has 1 amide bonds. The lowest BCUT2D eigenvalue weighted by atomic mass is 10.1. The molecule has 7 heteroatoms. The molecule has 0 fully saturated rings. The molecular formula is C20H21FN4O2. The number of unbranched alkanes of at least 4 members (excludes halogenated alkanes) is 1. The number of rotatable bonds is 7. The molecule has 6 nitrogen and oxygen atoms in total. The van der Waals surface area contributed by atoms with Crippen LogP contribution in [0.1, 0.15) is 35.8 Å². The summed E-state index contributed by atoms with van der Waals surface area (Å²) in [7, 11) is 0. The van der Waals surface area contributed by atoms with Crippen LogP contribution < -0.4 is 10.9 Å². The number of aromatic nitrogens is 3. The summed E-state index contributed by atoms with van der Waals surface area (Å²) in [4.78, 5) is 33.7. The fourth-order valence-electron chi connectivity index (χ4n) is 2.80. The van der Waals surface area contributed by atoms with Crippen molar-refractivity contribution in [1.29, 1.82) is 0 Å². The van der Waals surface area contributed by atoms with Crippen LogP contribution in [0.15, 0.2) is 47.4 Å². The Morgan fingerprint density at radius 1 is 1.22 bits per heavy atom. The first-order valence-corrected chi connectivity index (χ1v) is 8.98. The van der Waals surface area contributed by atoms with Gasteiger partial charge in [-0.05, 0) is 42.7 Å². The Kier molecular flexibility index (Phi) is 5.90. The second kappa shape index (κ2) is 8.53. The highest BCUT2D eigenvalue weighted by Crippen LogP contribution is 2.08. The molecule has 3 aromatic rings. The SMILES string of the molecule is CCCCn1c(=O)c(C(=O)NCCc2ccc(F)cc2)nc2cccnc21. The van der Waals surface area contributed by atoms with Gasteiger partial charge < -0.3 is 5.32 Å². The van der Waals surface area contributed by atoms with Crippen molar-refractivity contribution in [3.63, 3.8) is 0 Å². The monoisotopic (exact) mass is 368 g/mol. The maximum Gasteiger partial charge on any atom is 0.283 e. The molecular weight excluding hydrogens is 347 g/mol. The lowest BCUT2D eigenvalue weighted by Gasteiger charge is -2.11. The molecule has 0 saturated carbocycles. The highest BCUT2D eigenvalue weighted by Gasteiger charge is 2.17. The molecule has 0 aliphatic carbocycles. The van der Waals surface area contributed by atoms with E-state index in [-0.39, 0.29) is 11.5 Å². The van der Waals surface area contributed by atoms with Gasteiger partial charge in [0.1, 0.15) is 11.3 Å². The predicted molar refractivity (Wildman–Crippen MR) is 101 cm³/mol. The average molecular weight is 368 g/mol. The van der Waals surface area contributed by atoms with Crippen molar-refractivity contribution in [2.24, 2.45) is 0 Å². The Labute approximate surface area is 156 Å². The number of nitrogens with one attached hydrogen (secondary N) is 1. The number of hydrogen-bond donors (Lipinski definition) is 1. The zero-order chi connectivity index (χ0) is 19.2. The molecule has 140 valence electrons. The first-order valence-electron chi connectivity index (χ1n) is 8.98. The van der Waals surface area contributed by atoms with Gasteiger partial charge in [0.15, 0.2) is 11.3 Å². The Morgan fingerprint density at radius 3 is 2.74 bits per heavy atom. The summed E-state index contributed by atoms with van der Waals surface area (Å²) in [6.07, 6.45) is 3.86. The van der Waals surface area contributed by atoms with Gasteiger partial charge in [0.2, 0.25) is 0 Å². The molecule has 0 aliphatic heterocycles. The summed E-state index contributed by atoms with van der Waals surface area (Å²) >= 11 is 0. The number of halogens is 1. The number of carbonyl (C=O) groups is 1. The number of aryl methyl sites for hydroxylation is 1. The third-order valence-electron chi connectivity index (χ3n) is 4.26.